The molecule has 0 saturated carbocycles. The fraction of sp³-hybridized carbons (Fsp3) is 0.0833. The van der Waals surface area contributed by atoms with Crippen molar-refractivity contribution in [3.05, 3.63) is 44.9 Å². The van der Waals surface area contributed by atoms with Gasteiger partial charge in [0.05, 0.1) is 22.5 Å². The quantitative estimate of drug-likeness (QED) is 0.912. The minimum Gasteiger partial charge on any atom is -0.478 e. The van der Waals surface area contributed by atoms with Crippen molar-refractivity contribution in [2.24, 2.45) is 0 Å². The van der Waals surface area contributed by atoms with E-state index in [4.69, 9.17) is 16.7 Å². The van der Waals surface area contributed by atoms with Gasteiger partial charge in [0.15, 0.2) is 0 Å². The monoisotopic (exact) mass is 296 g/mol. The third-order valence-corrected chi connectivity index (χ3v) is 4.04. The van der Waals surface area contributed by atoms with E-state index in [1.165, 1.54) is 29.8 Å². The number of rotatable bonds is 3. The minimum absolute atomic E-state index is 0.00579. The van der Waals surface area contributed by atoms with Gasteiger partial charge >= 0.3 is 5.97 Å². The van der Waals surface area contributed by atoms with Crippen molar-refractivity contribution in [2.45, 2.75) is 6.92 Å². The Morgan fingerprint density at radius 2 is 2.16 bits per heavy atom. The Labute approximate surface area is 117 Å². The van der Waals surface area contributed by atoms with Gasteiger partial charge in [-0.05, 0) is 23.9 Å². The minimum atomic E-state index is -1.10. The van der Waals surface area contributed by atoms with Gasteiger partial charge in [0, 0.05) is 6.20 Å². The molecule has 5 nitrogen and oxygen atoms in total. The van der Waals surface area contributed by atoms with Gasteiger partial charge in [0.25, 0.3) is 5.91 Å². The Balaban J connectivity index is 2.22. The van der Waals surface area contributed by atoms with Crippen LogP contribution in [0.5, 0.6) is 0 Å². The average molecular weight is 297 g/mol. The lowest BCUT2D eigenvalue weighted by atomic mass is 10.2. The number of aromatic carboxylic acids is 1. The van der Waals surface area contributed by atoms with E-state index in [0.29, 0.717) is 15.6 Å². The topological polar surface area (TPSA) is 79.3 Å². The van der Waals surface area contributed by atoms with E-state index in [1.54, 1.807) is 5.38 Å². The number of carboxylic acids is 1. The zero-order valence-corrected chi connectivity index (χ0v) is 11.4. The van der Waals surface area contributed by atoms with E-state index in [-0.39, 0.29) is 11.5 Å². The van der Waals surface area contributed by atoms with Gasteiger partial charge in [-0.2, -0.15) is 0 Å². The summed E-state index contributed by atoms with van der Waals surface area (Å²) in [5, 5.41) is 13.6. The predicted octanol–water partition coefficient (Wildman–Crippen LogP) is 3.06. The summed E-state index contributed by atoms with van der Waals surface area (Å²) < 4.78 is 0. The predicted molar refractivity (Wildman–Crippen MR) is 73.2 cm³/mol. The summed E-state index contributed by atoms with van der Waals surface area (Å²) >= 11 is 7.22. The highest BCUT2D eigenvalue weighted by molar-refractivity contribution is 7.13. The zero-order valence-electron chi connectivity index (χ0n) is 9.81. The number of hydrogen-bond acceptors (Lipinski definition) is 4. The molecule has 0 spiro atoms. The van der Waals surface area contributed by atoms with Gasteiger partial charge in [-0.25, -0.2) is 4.79 Å². The van der Waals surface area contributed by atoms with Crippen LogP contribution in [0.2, 0.25) is 5.02 Å². The first kappa shape index (κ1) is 13.5. The largest absolute Gasteiger partial charge is 0.478 e. The lowest BCUT2D eigenvalue weighted by molar-refractivity contribution is 0.0696. The smallest absolute Gasteiger partial charge is 0.337 e. The Hall–Kier alpha value is -1.92. The number of nitrogens with zero attached hydrogens (tertiary/aromatic N) is 1. The molecule has 7 heteroatoms. The number of carboxylic acid groups (broad SMARTS) is 1. The van der Waals surface area contributed by atoms with Crippen LogP contribution in [0.25, 0.3) is 0 Å². The first-order chi connectivity index (χ1) is 8.99. The Bertz CT molecular complexity index is 654. The second kappa shape index (κ2) is 5.38. The molecule has 98 valence electrons. The van der Waals surface area contributed by atoms with E-state index in [9.17, 15) is 9.59 Å². The van der Waals surface area contributed by atoms with Crippen molar-refractivity contribution in [3.63, 3.8) is 0 Å². The number of thiophene rings is 1. The van der Waals surface area contributed by atoms with Crippen LogP contribution in [0.1, 0.15) is 25.6 Å². The molecule has 0 aromatic carbocycles. The lowest BCUT2D eigenvalue weighted by Crippen LogP contribution is -2.11. The maximum atomic E-state index is 12.0. The number of carbonyl (C=O) groups is 2. The first-order valence-electron chi connectivity index (χ1n) is 5.22. The van der Waals surface area contributed by atoms with Crippen molar-refractivity contribution in [2.75, 3.05) is 5.32 Å². The van der Waals surface area contributed by atoms with Gasteiger partial charge in [0.1, 0.15) is 4.88 Å². The SMILES string of the molecule is Cc1csc(C(=O)Nc2cncc(C(=O)O)c2)c1Cl. The second-order valence-electron chi connectivity index (χ2n) is 3.78. The number of aryl methyl sites for hydroxylation is 1. The molecule has 0 aliphatic heterocycles. The molecule has 0 bridgehead atoms. The van der Waals surface area contributed by atoms with Gasteiger partial charge in [-0.15, -0.1) is 11.3 Å². The molecule has 2 rings (SSSR count). The molecule has 0 fully saturated rings. The van der Waals surface area contributed by atoms with Crippen molar-refractivity contribution in [1.82, 2.24) is 4.98 Å². The molecule has 0 unspecified atom stereocenters. The highest BCUT2D eigenvalue weighted by Crippen LogP contribution is 2.27. The van der Waals surface area contributed by atoms with Crippen LogP contribution in [0.4, 0.5) is 5.69 Å². The molecule has 0 aliphatic rings. The van der Waals surface area contributed by atoms with Gasteiger partial charge in [0.2, 0.25) is 0 Å². The molecule has 0 saturated heterocycles. The van der Waals surface area contributed by atoms with Crippen molar-refractivity contribution >= 4 is 40.5 Å². The third-order valence-electron chi connectivity index (χ3n) is 2.35. The maximum absolute atomic E-state index is 12.0. The van der Waals surface area contributed by atoms with Crippen molar-refractivity contribution < 1.29 is 14.7 Å². The summed E-state index contributed by atoms with van der Waals surface area (Å²) in [4.78, 5) is 26.9. The molecule has 2 aromatic rings. The lowest BCUT2D eigenvalue weighted by Gasteiger charge is -2.04. The molecule has 2 N–H and O–H groups in total. The molecule has 0 aliphatic carbocycles. The standard InChI is InChI=1S/C12H9ClN2O3S/c1-6-5-19-10(9(6)13)11(16)15-8-2-7(12(17)18)3-14-4-8/h2-5H,1H3,(H,15,16)(H,17,18). The molecule has 2 aromatic heterocycles. The molecule has 0 radical (unpaired) electrons. The van der Waals surface area contributed by atoms with E-state index in [2.05, 4.69) is 10.3 Å². The van der Waals surface area contributed by atoms with Crippen LogP contribution in [0.15, 0.2) is 23.8 Å². The van der Waals surface area contributed by atoms with E-state index in [0.717, 1.165) is 5.56 Å². The van der Waals surface area contributed by atoms with Crippen LogP contribution in [-0.4, -0.2) is 22.0 Å². The fourth-order valence-electron chi connectivity index (χ4n) is 1.40. The zero-order chi connectivity index (χ0) is 14.0. The van der Waals surface area contributed by atoms with Crippen LogP contribution < -0.4 is 5.32 Å². The summed E-state index contributed by atoms with van der Waals surface area (Å²) in [5.74, 6) is -1.49. The van der Waals surface area contributed by atoms with Crippen LogP contribution in [0.3, 0.4) is 0 Å². The molecule has 19 heavy (non-hydrogen) atoms. The van der Waals surface area contributed by atoms with Gasteiger partial charge in [-0.3, -0.25) is 9.78 Å². The first-order valence-corrected chi connectivity index (χ1v) is 6.48. The third kappa shape index (κ3) is 2.91. The average Bonchev–Trinajstić information content (AvgIpc) is 2.70. The van der Waals surface area contributed by atoms with E-state index >= 15 is 0 Å². The summed E-state index contributed by atoms with van der Waals surface area (Å²) in [7, 11) is 0. The molecular formula is C12H9ClN2O3S. The highest BCUT2D eigenvalue weighted by Gasteiger charge is 2.15. The van der Waals surface area contributed by atoms with Crippen LogP contribution in [0, 0.1) is 6.92 Å². The molecular weight excluding hydrogens is 288 g/mol. The number of hydrogen-bond donors (Lipinski definition) is 2. The highest BCUT2D eigenvalue weighted by atomic mass is 35.5. The Morgan fingerprint density at radius 3 is 2.74 bits per heavy atom. The Morgan fingerprint density at radius 1 is 1.42 bits per heavy atom. The fourth-order valence-corrected chi connectivity index (χ4v) is 2.57. The summed E-state index contributed by atoms with van der Waals surface area (Å²) in [6.45, 7) is 1.81. The van der Waals surface area contributed by atoms with Crippen LogP contribution >= 0.6 is 22.9 Å². The summed E-state index contributed by atoms with van der Waals surface area (Å²) in [5.41, 5.74) is 1.15. The second-order valence-corrected chi connectivity index (χ2v) is 5.04. The van der Waals surface area contributed by atoms with Crippen molar-refractivity contribution in [3.8, 4) is 0 Å². The van der Waals surface area contributed by atoms with Gasteiger partial charge < -0.3 is 10.4 Å². The maximum Gasteiger partial charge on any atom is 0.337 e. The normalized spacial score (nSPS) is 10.2. The number of anilines is 1. The van der Waals surface area contributed by atoms with E-state index in [1.807, 2.05) is 6.92 Å². The number of carbonyl (C=O) groups excluding carboxylic acids is 1. The summed E-state index contributed by atoms with van der Waals surface area (Å²) in [6.07, 6.45) is 2.58. The van der Waals surface area contributed by atoms with Crippen molar-refractivity contribution in [1.29, 1.82) is 0 Å². The van der Waals surface area contributed by atoms with Gasteiger partial charge in [-0.1, -0.05) is 11.6 Å². The molecule has 0 atom stereocenters. The number of pyridine rings is 1. The number of nitrogens with one attached hydrogen (secondary N) is 1. The molecule has 1 amide bonds. The molecule has 2 heterocycles. The summed E-state index contributed by atoms with van der Waals surface area (Å²) in [6, 6.07) is 1.33. The number of amides is 1. The number of halogens is 1. The Kier molecular flexibility index (Phi) is 3.82. The number of aromatic nitrogens is 1. The van der Waals surface area contributed by atoms with Crippen LogP contribution in [-0.2, 0) is 0 Å². The van der Waals surface area contributed by atoms with E-state index < -0.39 is 5.97 Å².